The zero-order valence-electron chi connectivity index (χ0n) is 11.9. The number of carbonyl (C=O) groups excluding carboxylic acids is 1. The second-order valence-electron chi connectivity index (χ2n) is 4.76. The predicted octanol–water partition coefficient (Wildman–Crippen LogP) is 4.34. The van der Waals surface area contributed by atoms with E-state index >= 15 is 0 Å². The monoisotopic (exact) mass is 524 g/mol. The van der Waals surface area contributed by atoms with Gasteiger partial charge in [0.05, 0.1) is 0 Å². The molecule has 1 aliphatic rings. The van der Waals surface area contributed by atoms with Crippen molar-refractivity contribution in [3.8, 4) is 0 Å². The minimum Gasteiger partial charge on any atom is -0.432 e. The third kappa shape index (κ3) is 5.41. The summed E-state index contributed by atoms with van der Waals surface area (Å²) in [5.41, 5.74) is 3.01. The average Bonchev–Trinajstić information content (AvgIpc) is 2.33. The maximum atomic E-state index is 13.3. The number of ether oxygens (including phenoxy) is 2. The minimum absolute atomic E-state index is 0.185. The molecule has 0 fully saturated rings. The fourth-order valence-electron chi connectivity index (χ4n) is 1.54. The maximum Gasteiger partial charge on any atom is 0.475 e. The molecular weight excluding hydrogens is 520 g/mol. The fraction of sp³-hybridized carbons (Fsp3) is 0.545. The highest BCUT2D eigenvalue weighted by Crippen LogP contribution is 2.45. The summed E-state index contributed by atoms with van der Waals surface area (Å²) in [6.45, 7) is 0. The van der Waals surface area contributed by atoms with Crippen LogP contribution in [-0.2, 0) is 14.3 Å². The highest BCUT2D eigenvalue weighted by molar-refractivity contribution is 9.10. The van der Waals surface area contributed by atoms with Crippen LogP contribution in [0, 0.1) is 0 Å². The molecule has 2 N–H and O–H groups in total. The van der Waals surface area contributed by atoms with Crippen LogP contribution in [0.5, 0.6) is 0 Å². The Balaban J connectivity index is 3.27. The fourth-order valence-corrected chi connectivity index (χ4v) is 1.70. The predicted molar refractivity (Wildman–Crippen MR) is 75.6 cm³/mol. The standard InChI is InChI=1S/C11H6Br2F8N2O3/c12-8(14,15)10(18,19)25-5-1-6(3-7(22,2-5)23-4-24)26-11(20,21)9(13,16)17/h1-2H,3,22H2. The van der Waals surface area contributed by atoms with E-state index in [0.29, 0.717) is 6.08 Å². The van der Waals surface area contributed by atoms with E-state index in [2.05, 4.69) is 14.5 Å². The van der Waals surface area contributed by atoms with Gasteiger partial charge < -0.3 is 15.2 Å². The van der Waals surface area contributed by atoms with Crippen molar-refractivity contribution in [3.63, 3.8) is 0 Å². The first kappa shape index (κ1) is 22.9. The summed E-state index contributed by atoms with van der Waals surface area (Å²) in [6.07, 6.45) is -9.95. The lowest BCUT2D eigenvalue weighted by Gasteiger charge is -2.31. The molecule has 26 heavy (non-hydrogen) atoms. The minimum atomic E-state index is -5.22. The number of aliphatic imine (C=N–C) groups is 1. The van der Waals surface area contributed by atoms with Crippen LogP contribution in [0.1, 0.15) is 6.42 Å². The SMILES string of the molecule is NC1(N=C=O)C=C(OC(F)(F)C(F)(F)Br)C=C(OC(F)(F)C(F)(F)Br)C1. The number of hydrogen-bond acceptors (Lipinski definition) is 5. The quantitative estimate of drug-likeness (QED) is 0.232. The molecule has 148 valence electrons. The zero-order valence-corrected chi connectivity index (χ0v) is 15.1. The molecule has 1 atom stereocenters. The molecule has 15 heteroatoms. The Labute approximate surface area is 156 Å². The van der Waals surface area contributed by atoms with E-state index in [1.807, 2.05) is 0 Å². The van der Waals surface area contributed by atoms with Gasteiger partial charge in [0, 0.05) is 50.4 Å². The molecule has 5 nitrogen and oxygen atoms in total. The van der Waals surface area contributed by atoms with E-state index in [1.165, 1.54) is 31.9 Å². The van der Waals surface area contributed by atoms with Gasteiger partial charge in [0.1, 0.15) is 17.2 Å². The molecule has 1 rings (SSSR count). The third-order valence-corrected chi connectivity index (χ3v) is 3.50. The lowest BCUT2D eigenvalue weighted by Crippen LogP contribution is -2.43. The molecule has 1 aliphatic carbocycles. The van der Waals surface area contributed by atoms with Crippen LogP contribution in [0.25, 0.3) is 0 Å². The van der Waals surface area contributed by atoms with Crippen molar-refractivity contribution in [1.29, 1.82) is 0 Å². The number of nitrogens with two attached hydrogens (primary N) is 1. The molecule has 0 bridgehead atoms. The average molecular weight is 526 g/mol. The van der Waals surface area contributed by atoms with Crippen LogP contribution in [0.4, 0.5) is 35.1 Å². The second kappa shape index (κ2) is 7.09. The number of isocyanates is 1. The van der Waals surface area contributed by atoms with Crippen molar-refractivity contribution in [2.75, 3.05) is 0 Å². The largest absolute Gasteiger partial charge is 0.475 e. The molecule has 0 spiro atoms. The number of nitrogens with zero attached hydrogens (tertiary/aromatic N) is 1. The van der Waals surface area contributed by atoms with E-state index < -0.39 is 45.5 Å². The van der Waals surface area contributed by atoms with E-state index in [1.54, 1.807) is 0 Å². The van der Waals surface area contributed by atoms with Crippen molar-refractivity contribution in [1.82, 2.24) is 0 Å². The number of rotatable bonds is 7. The first-order valence-corrected chi connectivity index (χ1v) is 7.59. The summed E-state index contributed by atoms with van der Waals surface area (Å²) in [5, 5.41) is 0. The van der Waals surface area contributed by atoms with E-state index in [4.69, 9.17) is 5.73 Å². The van der Waals surface area contributed by atoms with Gasteiger partial charge in [-0.1, -0.05) is 0 Å². The van der Waals surface area contributed by atoms with Gasteiger partial charge in [0.15, 0.2) is 0 Å². The van der Waals surface area contributed by atoms with Crippen molar-refractivity contribution in [3.05, 3.63) is 23.7 Å². The van der Waals surface area contributed by atoms with Crippen molar-refractivity contribution in [2.45, 2.75) is 34.0 Å². The van der Waals surface area contributed by atoms with E-state index in [-0.39, 0.29) is 6.08 Å². The molecule has 0 heterocycles. The molecule has 1 unspecified atom stereocenters. The third-order valence-electron chi connectivity index (χ3n) is 2.57. The molecule has 0 aromatic rings. The Bertz CT molecular complexity index is 667. The highest BCUT2D eigenvalue weighted by atomic mass is 79.9. The van der Waals surface area contributed by atoms with Gasteiger partial charge in [-0.15, -0.1) is 0 Å². The summed E-state index contributed by atoms with van der Waals surface area (Å²) < 4.78 is 111. The van der Waals surface area contributed by atoms with Crippen LogP contribution < -0.4 is 5.73 Å². The van der Waals surface area contributed by atoms with Crippen LogP contribution in [-0.4, -0.2) is 33.6 Å². The Hall–Kier alpha value is -1.18. The Morgan fingerprint density at radius 3 is 1.92 bits per heavy atom. The number of allylic oxidation sites excluding steroid dienone is 1. The number of hydrogen-bond donors (Lipinski definition) is 1. The van der Waals surface area contributed by atoms with Crippen molar-refractivity contribution >= 4 is 37.9 Å². The Morgan fingerprint density at radius 1 is 1.04 bits per heavy atom. The summed E-state index contributed by atoms with van der Waals surface area (Å²) in [4.78, 5) is 3.45. The summed E-state index contributed by atoms with van der Waals surface area (Å²) in [5.74, 6) is -2.51. The van der Waals surface area contributed by atoms with Gasteiger partial charge in [0.25, 0.3) is 0 Å². The Morgan fingerprint density at radius 2 is 1.50 bits per heavy atom. The van der Waals surface area contributed by atoms with Gasteiger partial charge in [-0.2, -0.15) is 40.1 Å². The van der Waals surface area contributed by atoms with Gasteiger partial charge in [0.2, 0.25) is 6.08 Å². The first-order chi connectivity index (χ1) is 11.4. The summed E-state index contributed by atoms with van der Waals surface area (Å²) in [7, 11) is 0. The summed E-state index contributed by atoms with van der Waals surface area (Å²) >= 11 is 2.70. The van der Waals surface area contributed by atoms with Crippen molar-refractivity contribution in [2.24, 2.45) is 10.7 Å². The molecule has 0 radical (unpaired) electrons. The number of halogens is 10. The molecule has 0 aromatic heterocycles. The summed E-state index contributed by atoms with van der Waals surface area (Å²) in [6, 6.07) is 0. The van der Waals surface area contributed by atoms with Crippen LogP contribution in [0.2, 0.25) is 0 Å². The zero-order chi connectivity index (χ0) is 20.6. The molecule has 0 saturated carbocycles. The topological polar surface area (TPSA) is 73.9 Å². The maximum absolute atomic E-state index is 13.3. The van der Waals surface area contributed by atoms with E-state index in [0.717, 1.165) is 6.08 Å². The van der Waals surface area contributed by atoms with Crippen molar-refractivity contribution < 1.29 is 49.4 Å². The van der Waals surface area contributed by atoms with Crippen LogP contribution >= 0.6 is 31.9 Å². The molecule has 0 aliphatic heterocycles. The molecule has 0 aromatic carbocycles. The van der Waals surface area contributed by atoms with Crippen LogP contribution in [0.3, 0.4) is 0 Å². The lowest BCUT2D eigenvalue weighted by molar-refractivity contribution is -0.298. The van der Waals surface area contributed by atoms with Gasteiger partial charge in [-0.25, -0.2) is 4.79 Å². The Kier molecular flexibility index (Phi) is 6.24. The van der Waals surface area contributed by atoms with Gasteiger partial charge in [-0.3, -0.25) is 0 Å². The molecule has 0 saturated heterocycles. The first-order valence-electron chi connectivity index (χ1n) is 6.01. The molecular formula is C11H6Br2F8N2O3. The van der Waals surface area contributed by atoms with Gasteiger partial charge >= 0.3 is 21.9 Å². The van der Waals surface area contributed by atoms with Crippen LogP contribution in [0.15, 0.2) is 28.7 Å². The smallest absolute Gasteiger partial charge is 0.432 e. The van der Waals surface area contributed by atoms with Gasteiger partial charge in [-0.05, 0) is 0 Å². The lowest BCUT2D eigenvalue weighted by atomic mass is 10.00. The highest BCUT2D eigenvalue weighted by Gasteiger charge is 2.60. The second-order valence-corrected chi connectivity index (χ2v) is 6.75. The van der Waals surface area contributed by atoms with E-state index in [9.17, 15) is 39.9 Å². The normalized spacial score (nSPS) is 22.1. The molecule has 0 amide bonds. The number of alkyl halides is 10.